The first kappa shape index (κ1) is 18.2. The molecule has 0 fully saturated rings. The molecule has 1 unspecified atom stereocenters. The minimum absolute atomic E-state index is 0. The van der Waals surface area contributed by atoms with Crippen molar-refractivity contribution in [3.63, 3.8) is 0 Å². The van der Waals surface area contributed by atoms with E-state index in [1.165, 1.54) is 11.6 Å². The van der Waals surface area contributed by atoms with Crippen LogP contribution >= 0.6 is 0 Å². The van der Waals surface area contributed by atoms with Gasteiger partial charge in [-0.05, 0) is 31.3 Å². The van der Waals surface area contributed by atoms with Crippen molar-refractivity contribution in [1.29, 1.82) is 0 Å². The fraction of sp³-hybridized carbons (Fsp3) is 0.467. The summed E-state index contributed by atoms with van der Waals surface area (Å²) in [7, 11) is 0. The number of hydrogen-bond donors (Lipinski definition) is 1. The second kappa shape index (κ2) is 7.40. The number of hydroxylamine groups is 1. The standard InChI is InChI=1S/C15H20N2O3.Na/c1-10-5-4-8-15(2,3)12(10)7-6-11-9-13(17-20-11)14(18)16-19;/h5-7,9,12H,4,8H2,1-3H3,(H2,16,17,18,19);/q;+1/p-1/b7-6+;. The molecule has 1 N–H and O–H groups in total. The zero-order chi connectivity index (χ0) is 14.8. The average Bonchev–Trinajstić information content (AvgIpc) is 2.85. The number of carbonyl (C=O) groups excluding carboxylic acids is 1. The van der Waals surface area contributed by atoms with Crippen LogP contribution in [-0.2, 0) is 0 Å². The summed E-state index contributed by atoms with van der Waals surface area (Å²) in [6, 6.07) is 1.47. The molecule has 1 amide bonds. The van der Waals surface area contributed by atoms with Gasteiger partial charge >= 0.3 is 29.6 Å². The second-order valence-corrected chi connectivity index (χ2v) is 5.83. The summed E-state index contributed by atoms with van der Waals surface area (Å²) in [6.45, 7) is 6.63. The molecule has 1 aliphatic carbocycles. The maximum Gasteiger partial charge on any atom is 1.00 e. The minimum Gasteiger partial charge on any atom is -0.529 e. The zero-order valence-electron chi connectivity index (χ0n) is 13.0. The number of aromatic nitrogens is 1. The van der Waals surface area contributed by atoms with Crippen molar-refractivity contribution >= 4 is 12.0 Å². The monoisotopic (exact) mass is 298 g/mol. The fourth-order valence-electron chi connectivity index (χ4n) is 2.69. The van der Waals surface area contributed by atoms with E-state index in [0.29, 0.717) is 11.7 Å². The van der Waals surface area contributed by atoms with Gasteiger partial charge in [-0.1, -0.05) is 36.7 Å². The number of nitrogens with zero attached hydrogens (tertiary/aromatic N) is 2. The SMILES string of the molecule is CC1=CCCC(C)(C)C1/C=C/c1cc(C(=O)[N-]O)no1.[Na+]. The summed E-state index contributed by atoms with van der Waals surface area (Å²) in [5.74, 6) is 0.0108. The third-order valence-electron chi connectivity index (χ3n) is 3.88. The molecule has 0 radical (unpaired) electrons. The van der Waals surface area contributed by atoms with Crippen LogP contribution < -0.4 is 29.6 Å². The first-order valence-corrected chi connectivity index (χ1v) is 6.65. The van der Waals surface area contributed by atoms with Crippen LogP contribution in [0, 0.1) is 11.3 Å². The molecule has 0 bridgehead atoms. The topological polar surface area (TPSA) is 77.4 Å². The van der Waals surface area contributed by atoms with E-state index in [4.69, 9.17) is 9.73 Å². The van der Waals surface area contributed by atoms with Crippen LogP contribution in [0.25, 0.3) is 11.6 Å². The summed E-state index contributed by atoms with van der Waals surface area (Å²) in [6.07, 6.45) is 8.41. The summed E-state index contributed by atoms with van der Waals surface area (Å²) >= 11 is 0. The molecular formula is C15H19N2NaO3. The van der Waals surface area contributed by atoms with Gasteiger partial charge in [0.05, 0.1) is 0 Å². The van der Waals surface area contributed by atoms with Gasteiger partial charge in [0.15, 0.2) is 5.76 Å². The Hall–Kier alpha value is -0.880. The summed E-state index contributed by atoms with van der Waals surface area (Å²) < 4.78 is 5.03. The van der Waals surface area contributed by atoms with Crippen LogP contribution in [0.3, 0.4) is 0 Å². The predicted octanol–water partition coefficient (Wildman–Crippen LogP) is 0.977. The van der Waals surface area contributed by atoms with E-state index in [1.807, 2.05) is 6.08 Å². The Labute approximate surface area is 146 Å². The van der Waals surface area contributed by atoms with E-state index in [1.54, 1.807) is 0 Å². The molecule has 1 aliphatic rings. The molecule has 2 rings (SSSR count). The molecule has 0 saturated heterocycles. The molecule has 1 atom stereocenters. The minimum atomic E-state index is -0.803. The Morgan fingerprint density at radius 1 is 1.57 bits per heavy atom. The number of hydrogen-bond acceptors (Lipinski definition) is 4. The molecular weight excluding hydrogens is 279 g/mol. The summed E-state index contributed by atoms with van der Waals surface area (Å²) in [5, 5.41) is 12.0. The Kier molecular flexibility index (Phi) is 6.41. The van der Waals surface area contributed by atoms with Crippen molar-refractivity contribution in [2.45, 2.75) is 33.6 Å². The molecule has 108 valence electrons. The zero-order valence-corrected chi connectivity index (χ0v) is 15.0. The van der Waals surface area contributed by atoms with Crippen molar-refractivity contribution < 1.29 is 44.1 Å². The second-order valence-electron chi connectivity index (χ2n) is 5.83. The Bertz CT molecular complexity index is 561. The van der Waals surface area contributed by atoms with Crippen molar-refractivity contribution in [1.82, 2.24) is 5.16 Å². The van der Waals surface area contributed by atoms with E-state index in [2.05, 4.69) is 43.6 Å². The fourth-order valence-corrected chi connectivity index (χ4v) is 2.69. The first-order chi connectivity index (χ1) is 9.44. The molecule has 1 aromatic heterocycles. The third kappa shape index (κ3) is 4.30. The molecule has 0 spiro atoms. The molecule has 21 heavy (non-hydrogen) atoms. The van der Waals surface area contributed by atoms with Crippen LogP contribution in [0.1, 0.15) is 49.9 Å². The van der Waals surface area contributed by atoms with E-state index < -0.39 is 5.91 Å². The van der Waals surface area contributed by atoms with Crippen LogP contribution in [0.4, 0.5) is 0 Å². The van der Waals surface area contributed by atoms with Gasteiger partial charge in [-0.3, -0.25) is 0 Å². The largest absolute Gasteiger partial charge is 1.00 e. The van der Waals surface area contributed by atoms with Gasteiger partial charge in [-0.25, -0.2) is 0 Å². The maximum absolute atomic E-state index is 11.1. The van der Waals surface area contributed by atoms with Crippen LogP contribution in [0.5, 0.6) is 0 Å². The van der Waals surface area contributed by atoms with E-state index in [-0.39, 0.29) is 40.7 Å². The van der Waals surface area contributed by atoms with Crippen molar-refractivity contribution in [3.05, 3.63) is 40.7 Å². The van der Waals surface area contributed by atoms with Gasteiger partial charge in [0.25, 0.3) is 0 Å². The first-order valence-electron chi connectivity index (χ1n) is 6.65. The summed E-state index contributed by atoms with van der Waals surface area (Å²) in [4.78, 5) is 11.1. The van der Waals surface area contributed by atoms with Gasteiger partial charge in [-0.15, -0.1) is 0 Å². The van der Waals surface area contributed by atoms with E-state index in [9.17, 15) is 4.79 Å². The van der Waals surface area contributed by atoms with E-state index in [0.717, 1.165) is 12.8 Å². The average molecular weight is 298 g/mol. The Balaban J connectivity index is 0.00000220. The van der Waals surface area contributed by atoms with Crippen molar-refractivity contribution in [2.24, 2.45) is 11.3 Å². The smallest absolute Gasteiger partial charge is 0.529 e. The number of amides is 1. The Morgan fingerprint density at radius 3 is 2.90 bits per heavy atom. The van der Waals surface area contributed by atoms with Gasteiger partial charge in [0.1, 0.15) is 11.6 Å². The van der Waals surface area contributed by atoms with Gasteiger partial charge in [0, 0.05) is 12.0 Å². The van der Waals surface area contributed by atoms with Gasteiger partial charge in [0.2, 0.25) is 0 Å². The van der Waals surface area contributed by atoms with Crippen LogP contribution in [0.15, 0.2) is 28.3 Å². The molecule has 0 aliphatic heterocycles. The number of rotatable bonds is 3. The normalized spacial score (nSPS) is 20.8. The molecule has 6 heteroatoms. The molecule has 1 heterocycles. The number of carbonyl (C=O) groups is 1. The van der Waals surface area contributed by atoms with Crippen LogP contribution in [0.2, 0.25) is 0 Å². The van der Waals surface area contributed by atoms with Crippen molar-refractivity contribution in [3.8, 4) is 0 Å². The van der Waals surface area contributed by atoms with E-state index >= 15 is 0 Å². The number of allylic oxidation sites excluding steroid dienone is 3. The Morgan fingerprint density at radius 2 is 2.29 bits per heavy atom. The molecule has 5 nitrogen and oxygen atoms in total. The quantitative estimate of drug-likeness (QED) is 0.390. The predicted molar refractivity (Wildman–Crippen MR) is 75.3 cm³/mol. The van der Waals surface area contributed by atoms with Gasteiger partial charge in [-0.2, -0.15) is 0 Å². The van der Waals surface area contributed by atoms with Crippen LogP contribution in [-0.4, -0.2) is 16.3 Å². The summed E-state index contributed by atoms with van der Waals surface area (Å²) in [5.41, 5.74) is 4.11. The molecule has 0 aromatic carbocycles. The maximum atomic E-state index is 11.1. The van der Waals surface area contributed by atoms with Gasteiger partial charge < -0.3 is 20.0 Å². The molecule has 1 aromatic rings. The third-order valence-corrected chi connectivity index (χ3v) is 3.88. The molecule has 0 saturated carbocycles. The van der Waals surface area contributed by atoms with Crippen molar-refractivity contribution in [2.75, 3.05) is 0 Å².